The lowest BCUT2D eigenvalue weighted by atomic mass is 9.72. The number of hydrogen-bond donors (Lipinski definition) is 1. The van der Waals surface area contributed by atoms with Crippen LogP contribution in [0.1, 0.15) is 57.4 Å². The molecule has 0 aliphatic heterocycles. The standard InChI is InChI=1S/C24H31N3OS/c1-5-6-13-28-18-10-8-17(9-11-18)27-22-21-19-12-7-16(24(2,3)4)14-20(19)29-23(21)26-15-25-22/h8-11,15-16H,5-7,12-14H2,1-4H3,(H,25,26,27). The van der Waals surface area contributed by atoms with Crippen LogP contribution in [-0.2, 0) is 12.8 Å². The van der Waals surface area contributed by atoms with E-state index >= 15 is 0 Å². The first-order valence-corrected chi connectivity index (χ1v) is 11.5. The van der Waals surface area contributed by atoms with Gasteiger partial charge in [0, 0.05) is 10.6 Å². The summed E-state index contributed by atoms with van der Waals surface area (Å²) in [7, 11) is 0. The third-order valence-electron chi connectivity index (χ3n) is 5.95. The van der Waals surface area contributed by atoms with Gasteiger partial charge in [0.05, 0.1) is 12.0 Å². The van der Waals surface area contributed by atoms with E-state index in [-0.39, 0.29) is 0 Å². The van der Waals surface area contributed by atoms with Crippen molar-refractivity contribution in [2.24, 2.45) is 11.3 Å². The number of hydrogen-bond acceptors (Lipinski definition) is 5. The number of nitrogens with one attached hydrogen (secondary N) is 1. The maximum absolute atomic E-state index is 5.77. The van der Waals surface area contributed by atoms with Crippen molar-refractivity contribution in [3.63, 3.8) is 0 Å². The lowest BCUT2D eigenvalue weighted by Crippen LogP contribution is -2.26. The molecule has 29 heavy (non-hydrogen) atoms. The molecule has 0 saturated heterocycles. The molecule has 0 amide bonds. The minimum Gasteiger partial charge on any atom is -0.494 e. The predicted octanol–water partition coefficient (Wildman–Crippen LogP) is 6.76. The van der Waals surface area contributed by atoms with Gasteiger partial charge in [-0.15, -0.1) is 11.3 Å². The average molecular weight is 410 g/mol. The molecule has 0 saturated carbocycles. The highest BCUT2D eigenvalue weighted by atomic mass is 32.1. The molecule has 2 heterocycles. The molecule has 154 valence electrons. The molecule has 4 rings (SSSR count). The topological polar surface area (TPSA) is 47.0 Å². The first kappa shape index (κ1) is 20.1. The van der Waals surface area contributed by atoms with E-state index in [2.05, 4.69) is 55.1 Å². The van der Waals surface area contributed by atoms with Crippen molar-refractivity contribution in [2.45, 2.75) is 59.8 Å². The largest absolute Gasteiger partial charge is 0.494 e. The predicted molar refractivity (Wildman–Crippen MR) is 123 cm³/mol. The number of thiophene rings is 1. The summed E-state index contributed by atoms with van der Waals surface area (Å²) in [4.78, 5) is 11.8. The van der Waals surface area contributed by atoms with Gasteiger partial charge < -0.3 is 10.1 Å². The molecule has 2 aromatic heterocycles. The smallest absolute Gasteiger partial charge is 0.142 e. The van der Waals surface area contributed by atoms with Crippen molar-refractivity contribution in [1.82, 2.24) is 9.97 Å². The molecule has 1 aliphatic carbocycles. The van der Waals surface area contributed by atoms with Crippen molar-refractivity contribution >= 4 is 33.1 Å². The highest BCUT2D eigenvalue weighted by molar-refractivity contribution is 7.19. The molecule has 0 bridgehead atoms. The Morgan fingerprint density at radius 2 is 1.97 bits per heavy atom. The quantitative estimate of drug-likeness (QED) is 0.457. The van der Waals surface area contributed by atoms with Gasteiger partial charge in [-0.3, -0.25) is 0 Å². The van der Waals surface area contributed by atoms with E-state index in [0.29, 0.717) is 5.41 Å². The van der Waals surface area contributed by atoms with Crippen molar-refractivity contribution in [3.8, 4) is 5.75 Å². The van der Waals surface area contributed by atoms with Crippen LogP contribution in [0.25, 0.3) is 10.2 Å². The van der Waals surface area contributed by atoms with Crippen LogP contribution < -0.4 is 10.1 Å². The summed E-state index contributed by atoms with van der Waals surface area (Å²) >= 11 is 1.85. The van der Waals surface area contributed by atoms with Crippen LogP contribution in [0.3, 0.4) is 0 Å². The van der Waals surface area contributed by atoms with Crippen LogP contribution in [0.5, 0.6) is 5.75 Å². The van der Waals surface area contributed by atoms with Crippen molar-refractivity contribution in [2.75, 3.05) is 11.9 Å². The molecular formula is C24H31N3OS. The fraction of sp³-hybridized carbons (Fsp3) is 0.500. The maximum atomic E-state index is 5.77. The van der Waals surface area contributed by atoms with Crippen LogP contribution in [0, 0.1) is 11.3 Å². The number of nitrogens with zero attached hydrogens (tertiary/aromatic N) is 2. The van der Waals surface area contributed by atoms with E-state index in [9.17, 15) is 0 Å². The molecule has 0 fully saturated rings. The van der Waals surface area contributed by atoms with Crippen molar-refractivity contribution in [1.29, 1.82) is 0 Å². The number of unbranched alkanes of at least 4 members (excludes halogenated alkanes) is 1. The van der Waals surface area contributed by atoms with Gasteiger partial charge in [0.2, 0.25) is 0 Å². The highest BCUT2D eigenvalue weighted by Gasteiger charge is 2.31. The Kier molecular flexibility index (Phi) is 5.77. The molecule has 5 heteroatoms. The summed E-state index contributed by atoms with van der Waals surface area (Å²) < 4.78 is 5.77. The van der Waals surface area contributed by atoms with Gasteiger partial charge in [-0.2, -0.15) is 0 Å². The number of ether oxygens (including phenoxy) is 1. The van der Waals surface area contributed by atoms with Crippen LogP contribution in [-0.4, -0.2) is 16.6 Å². The van der Waals surface area contributed by atoms with Gasteiger partial charge in [-0.1, -0.05) is 34.1 Å². The fourth-order valence-electron chi connectivity index (χ4n) is 4.05. The first-order chi connectivity index (χ1) is 14.0. The monoisotopic (exact) mass is 409 g/mol. The lowest BCUT2D eigenvalue weighted by Gasteiger charge is -2.33. The SMILES string of the molecule is CCCCOc1ccc(Nc2ncnc3sc4c(c23)CCC(C(C)(C)C)C4)cc1. The minimum atomic E-state index is 0.349. The lowest BCUT2D eigenvalue weighted by molar-refractivity contribution is 0.218. The average Bonchev–Trinajstić information content (AvgIpc) is 3.07. The van der Waals surface area contributed by atoms with Crippen LogP contribution >= 0.6 is 11.3 Å². The zero-order chi connectivity index (χ0) is 20.4. The van der Waals surface area contributed by atoms with Crippen molar-refractivity contribution in [3.05, 3.63) is 41.0 Å². The second kappa shape index (κ2) is 8.31. The van der Waals surface area contributed by atoms with Crippen LogP contribution in [0.2, 0.25) is 0 Å². The second-order valence-electron chi connectivity index (χ2n) is 9.06. The Balaban J connectivity index is 1.57. The summed E-state index contributed by atoms with van der Waals surface area (Å²) in [5, 5.41) is 4.73. The zero-order valence-electron chi connectivity index (χ0n) is 17.9. The van der Waals surface area contributed by atoms with Gasteiger partial charge in [0.15, 0.2) is 0 Å². The highest BCUT2D eigenvalue weighted by Crippen LogP contribution is 2.44. The van der Waals surface area contributed by atoms with Gasteiger partial charge in [-0.25, -0.2) is 9.97 Å². The van der Waals surface area contributed by atoms with E-state index in [4.69, 9.17) is 4.74 Å². The maximum Gasteiger partial charge on any atom is 0.142 e. The molecule has 0 radical (unpaired) electrons. The van der Waals surface area contributed by atoms with E-state index in [1.54, 1.807) is 6.33 Å². The molecule has 1 aromatic carbocycles. The van der Waals surface area contributed by atoms with Crippen LogP contribution in [0.15, 0.2) is 30.6 Å². The van der Waals surface area contributed by atoms with E-state index in [1.807, 2.05) is 23.5 Å². The molecule has 0 spiro atoms. The Bertz CT molecular complexity index is 972. The summed E-state index contributed by atoms with van der Waals surface area (Å²) in [6.07, 6.45) is 7.41. The molecule has 1 N–H and O–H groups in total. The normalized spacial score (nSPS) is 16.6. The Morgan fingerprint density at radius 3 is 2.69 bits per heavy atom. The van der Waals surface area contributed by atoms with Gasteiger partial charge in [0.1, 0.15) is 22.7 Å². The summed E-state index contributed by atoms with van der Waals surface area (Å²) in [5.41, 5.74) is 2.82. The van der Waals surface area contributed by atoms with E-state index in [0.717, 1.165) is 60.3 Å². The third kappa shape index (κ3) is 4.40. The first-order valence-electron chi connectivity index (χ1n) is 10.7. The number of benzene rings is 1. The minimum absolute atomic E-state index is 0.349. The number of aryl methyl sites for hydroxylation is 1. The molecule has 1 aliphatic rings. The van der Waals surface area contributed by atoms with Crippen molar-refractivity contribution < 1.29 is 4.74 Å². The Morgan fingerprint density at radius 1 is 1.17 bits per heavy atom. The number of aromatic nitrogens is 2. The molecule has 3 aromatic rings. The molecule has 1 atom stereocenters. The molecular weight excluding hydrogens is 378 g/mol. The van der Waals surface area contributed by atoms with E-state index < -0.39 is 0 Å². The van der Waals surface area contributed by atoms with E-state index in [1.165, 1.54) is 22.2 Å². The third-order valence-corrected chi connectivity index (χ3v) is 7.12. The second-order valence-corrected chi connectivity index (χ2v) is 10.1. The molecule has 1 unspecified atom stereocenters. The summed E-state index contributed by atoms with van der Waals surface area (Å²) in [6, 6.07) is 8.16. The number of anilines is 2. The fourth-order valence-corrected chi connectivity index (χ4v) is 5.32. The summed E-state index contributed by atoms with van der Waals surface area (Å²) in [6.45, 7) is 10.0. The van der Waals surface area contributed by atoms with Gasteiger partial charge >= 0.3 is 0 Å². The number of fused-ring (bicyclic) bond motifs is 3. The number of rotatable bonds is 6. The van der Waals surface area contributed by atoms with Gasteiger partial charge in [0.25, 0.3) is 0 Å². The van der Waals surface area contributed by atoms with Gasteiger partial charge in [-0.05, 0) is 66.8 Å². The molecule has 4 nitrogen and oxygen atoms in total. The Hall–Kier alpha value is -2.14. The Labute approximate surface area is 177 Å². The zero-order valence-corrected chi connectivity index (χ0v) is 18.7. The van der Waals surface area contributed by atoms with Crippen LogP contribution in [0.4, 0.5) is 11.5 Å². The summed E-state index contributed by atoms with van der Waals surface area (Å²) in [5.74, 6) is 2.56.